The van der Waals surface area contributed by atoms with Crippen molar-refractivity contribution >= 4 is 11.9 Å². The zero-order chi connectivity index (χ0) is 22.7. The molecule has 2 aliphatic heterocycles. The summed E-state index contributed by atoms with van der Waals surface area (Å²) < 4.78 is 16.4. The van der Waals surface area contributed by atoms with E-state index >= 15 is 0 Å². The van der Waals surface area contributed by atoms with E-state index in [-0.39, 0.29) is 17.8 Å². The summed E-state index contributed by atoms with van der Waals surface area (Å²) in [5.41, 5.74) is 2.93. The monoisotopic (exact) mass is 440 g/mol. The number of carbonyl (C=O) groups is 2. The van der Waals surface area contributed by atoms with Crippen LogP contribution in [0.15, 0.2) is 28.7 Å². The van der Waals surface area contributed by atoms with Crippen LogP contribution in [0, 0.1) is 12.8 Å². The van der Waals surface area contributed by atoms with Crippen LogP contribution >= 0.6 is 0 Å². The molecule has 1 amide bonds. The van der Waals surface area contributed by atoms with E-state index < -0.39 is 0 Å². The van der Waals surface area contributed by atoms with Gasteiger partial charge in [0.2, 0.25) is 0 Å². The predicted octanol–water partition coefficient (Wildman–Crippen LogP) is 3.57. The number of furan rings is 1. The van der Waals surface area contributed by atoms with Crippen molar-refractivity contribution in [3.63, 3.8) is 0 Å². The SMILES string of the molecule is CCOC(=O)C1CCN(C(=O)c2c(C)oc3c2CN(Cc2ccc(OC)cc2)CC3)CC1. The first-order valence-electron chi connectivity index (χ1n) is 11.4. The average Bonchev–Trinajstić information content (AvgIpc) is 3.14. The minimum atomic E-state index is -0.148. The Hall–Kier alpha value is -2.80. The van der Waals surface area contributed by atoms with Crippen LogP contribution < -0.4 is 4.74 Å². The molecule has 172 valence electrons. The summed E-state index contributed by atoms with van der Waals surface area (Å²) in [6.07, 6.45) is 2.09. The summed E-state index contributed by atoms with van der Waals surface area (Å²) in [7, 11) is 1.67. The van der Waals surface area contributed by atoms with Crippen molar-refractivity contribution in [2.45, 2.75) is 46.2 Å². The van der Waals surface area contributed by atoms with Gasteiger partial charge in [0.05, 0.1) is 25.2 Å². The molecular formula is C25H32N2O5. The first kappa shape index (κ1) is 22.4. The molecule has 0 radical (unpaired) electrons. The van der Waals surface area contributed by atoms with Crippen LogP contribution in [0.1, 0.15) is 52.8 Å². The Labute approximate surface area is 189 Å². The summed E-state index contributed by atoms with van der Waals surface area (Å²) in [5, 5.41) is 0. The Morgan fingerprint density at radius 1 is 1.12 bits per heavy atom. The number of carbonyl (C=O) groups excluding carboxylic acids is 2. The van der Waals surface area contributed by atoms with E-state index in [0.29, 0.717) is 50.4 Å². The van der Waals surface area contributed by atoms with Gasteiger partial charge in [-0.3, -0.25) is 14.5 Å². The van der Waals surface area contributed by atoms with Crippen molar-refractivity contribution < 1.29 is 23.5 Å². The van der Waals surface area contributed by atoms with Crippen LogP contribution in [0.2, 0.25) is 0 Å². The number of aryl methyl sites for hydroxylation is 1. The maximum Gasteiger partial charge on any atom is 0.309 e. The molecule has 0 N–H and O–H groups in total. The Balaban J connectivity index is 1.43. The van der Waals surface area contributed by atoms with Gasteiger partial charge in [-0.05, 0) is 44.4 Å². The highest BCUT2D eigenvalue weighted by atomic mass is 16.5. The third-order valence-electron chi connectivity index (χ3n) is 6.48. The average molecular weight is 441 g/mol. The number of fused-ring (bicyclic) bond motifs is 1. The third-order valence-corrected chi connectivity index (χ3v) is 6.48. The highest BCUT2D eigenvalue weighted by Crippen LogP contribution is 2.31. The summed E-state index contributed by atoms with van der Waals surface area (Å²) in [5.74, 6) is 2.22. The van der Waals surface area contributed by atoms with Gasteiger partial charge < -0.3 is 18.8 Å². The van der Waals surface area contributed by atoms with Crippen LogP contribution in [0.3, 0.4) is 0 Å². The van der Waals surface area contributed by atoms with Crippen LogP contribution in [-0.4, -0.2) is 55.0 Å². The molecule has 1 saturated heterocycles. The van der Waals surface area contributed by atoms with Crippen molar-refractivity contribution in [2.24, 2.45) is 5.92 Å². The predicted molar refractivity (Wildman–Crippen MR) is 120 cm³/mol. The van der Waals surface area contributed by atoms with E-state index in [4.69, 9.17) is 13.9 Å². The molecule has 4 rings (SSSR count). The van der Waals surface area contributed by atoms with Crippen molar-refractivity contribution in [1.29, 1.82) is 0 Å². The van der Waals surface area contributed by atoms with Gasteiger partial charge in [0, 0.05) is 44.7 Å². The van der Waals surface area contributed by atoms with Gasteiger partial charge in [-0.15, -0.1) is 0 Å². The van der Waals surface area contributed by atoms with Gasteiger partial charge in [-0.2, -0.15) is 0 Å². The van der Waals surface area contributed by atoms with Crippen molar-refractivity contribution in [2.75, 3.05) is 33.4 Å². The van der Waals surface area contributed by atoms with E-state index in [1.165, 1.54) is 5.56 Å². The van der Waals surface area contributed by atoms with E-state index in [9.17, 15) is 9.59 Å². The second kappa shape index (κ2) is 9.77. The summed E-state index contributed by atoms with van der Waals surface area (Å²) >= 11 is 0. The van der Waals surface area contributed by atoms with Gasteiger partial charge >= 0.3 is 5.97 Å². The number of esters is 1. The summed E-state index contributed by atoms with van der Waals surface area (Å²) in [4.78, 5) is 29.6. The van der Waals surface area contributed by atoms with Gasteiger partial charge in [-0.25, -0.2) is 0 Å². The molecule has 0 atom stereocenters. The normalized spacial score (nSPS) is 17.2. The molecule has 7 nitrogen and oxygen atoms in total. The summed E-state index contributed by atoms with van der Waals surface area (Å²) in [6, 6.07) is 8.10. The Morgan fingerprint density at radius 3 is 2.50 bits per heavy atom. The van der Waals surface area contributed by atoms with Crippen LogP contribution in [0.4, 0.5) is 0 Å². The molecule has 32 heavy (non-hydrogen) atoms. The maximum atomic E-state index is 13.4. The number of likely N-dealkylation sites (tertiary alicyclic amines) is 1. The second-order valence-electron chi connectivity index (χ2n) is 8.56. The molecule has 0 spiro atoms. The fraction of sp³-hybridized carbons (Fsp3) is 0.520. The zero-order valence-electron chi connectivity index (χ0n) is 19.2. The lowest BCUT2D eigenvalue weighted by molar-refractivity contribution is -0.149. The molecule has 0 unspecified atom stereocenters. The number of amides is 1. The molecule has 0 bridgehead atoms. The molecule has 0 aliphatic carbocycles. The highest BCUT2D eigenvalue weighted by Gasteiger charge is 2.33. The summed E-state index contributed by atoms with van der Waals surface area (Å²) in [6.45, 7) is 7.62. The third kappa shape index (κ3) is 4.67. The number of rotatable bonds is 6. The Kier molecular flexibility index (Phi) is 6.84. The van der Waals surface area contributed by atoms with Crippen molar-refractivity contribution in [1.82, 2.24) is 9.80 Å². The molecule has 1 aromatic heterocycles. The molecule has 3 heterocycles. The molecule has 7 heteroatoms. The molecule has 1 aromatic carbocycles. The first-order chi connectivity index (χ1) is 15.5. The largest absolute Gasteiger partial charge is 0.497 e. The standard InChI is InChI=1S/C25H32N2O5/c1-4-31-25(29)19-9-13-27(14-10-19)24(28)23-17(2)32-22-11-12-26(16-21(22)23)15-18-5-7-20(30-3)8-6-18/h5-8,19H,4,9-16H2,1-3H3. The zero-order valence-corrected chi connectivity index (χ0v) is 19.2. The van der Waals surface area contributed by atoms with Gasteiger partial charge in [0.25, 0.3) is 5.91 Å². The quantitative estimate of drug-likeness (QED) is 0.640. The molecular weight excluding hydrogens is 408 g/mol. The fourth-order valence-electron chi connectivity index (χ4n) is 4.72. The van der Waals surface area contributed by atoms with E-state index in [0.717, 1.165) is 36.6 Å². The lowest BCUT2D eigenvalue weighted by atomic mass is 9.95. The van der Waals surface area contributed by atoms with Crippen molar-refractivity contribution in [3.8, 4) is 5.75 Å². The van der Waals surface area contributed by atoms with Crippen molar-refractivity contribution in [3.05, 3.63) is 52.5 Å². The minimum Gasteiger partial charge on any atom is -0.497 e. The van der Waals surface area contributed by atoms with E-state index in [1.807, 2.05) is 30.9 Å². The lowest BCUT2D eigenvalue weighted by Gasteiger charge is -2.32. The van der Waals surface area contributed by atoms with Crippen LogP contribution in [0.5, 0.6) is 5.75 Å². The van der Waals surface area contributed by atoms with Gasteiger partial charge in [0.15, 0.2) is 0 Å². The number of benzene rings is 1. The van der Waals surface area contributed by atoms with E-state index in [2.05, 4.69) is 17.0 Å². The van der Waals surface area contributed by atoms with Crippen LogP contribution in [-0.2, 0) is 29.0 Å². The highest BCUT2D eigenvalue weighted by molar-refractivity contribution is 5.97. The fourth-order valence-corrected chi connectivity index (χ4v) is 4.72. The Bertz CT molecular complexity index is 957. The molecule has 2 aliphatic rings. The van der Waals surface area contributed by atoms with E-state index in [1.54, 1.807) is 7.11 Å². The second-order valence-corrected chi connectivity index (χ2v) is 8.56. The number of nitrogens with zero attached hydrogens (tertiary/aromatic N) is 2. The molecule has 0 saturated carbocycles. The van der Waals surface area contributed by atoms with Crippen LogP contribution in [0.25, 0.3) is 0 Å². The number of hydrogen-bond donors (Lipinski definition) is 0. The first-order valence-corrected chi connectivity index (χ1v) is 11.4. The minimum absolute atomic E-state index is 0.0149. The number of methoxy groups -OCH3 is 1. The molecule has 2 aromatic rings. The number of piperidine rings is 1. The van der Waals surface area contributed by atoms with Gasteiger partial charge in [0.1, 0.15) is 17.3 Å². The van der Waals surface area contributed by atoms with Gasteiger partial charge in [-0.1, -0.05) is 12.1 Å². The topological polar surface area (TPSA) is 72.2 Å². The number of hydrogen-bond acceptors (Lipinski definition) is 6. The molecule has 1 fully saturated rings. The maximum absolute atomic E-state index is 13.4. The smallest absolute Gasteiger partial charge is 0.309 e. The lowest BCUT2D eigenvalue weighted by Crippen LogP contribution is -2.41. The number of ether oxygens (including phenoxy) is 2. The Morgan fingerprint density at radius 2 is 1.84 bits per heavy atom.